The molecule has 6 heteroatoms. The number of aliphatic hydroxyl groups is 2. The van der Waals surface area contributed by atoms with Crippen molar-refractivity contribution in [2.45, 2.75) is 31.5 Å². The van der Waals surface area contributed by atoms with Gasteiger partial charge in [-0.3, -0.25) is 9.59 Å². The Morgan fingerprint density at radius 3 is 2.46 bits per heavy atom. The smallest absolute Gasteiger partial charge is 0.201 e. The van der Waals surface area contributed by atoms with Crippen molar-refractivity contribution in [2.24, 2.45) is 5.41 Å². The summed E-state index contributed by atoms with van der Waals surface area (Å²) in [5, 5.41) is 41.4. The first-order valence-electron chi connectivity index (χ1n) is 9.10. The molecule has 0 saturated heterocycles. The second-order valence-corrected chi connectivity index (χ2v) is 8.06. The maximum Gasteiger partial charge on any atom is 0.201 e. The normalized spacial score (nSPS) is 29.9. The van der Waals surface area contributed by atoms with Crippen LogP contribution in [0.5, 0.6) is 11.5 Å². The molecule has 6 nitrogen and oxygen atoms in total. The number of ketones is 2. The van der Waals surface area contributed by atoms with E-state index in [-0.39, 0.29) is 39.7 Å². The second kappa shape index (κ2) is 5.31. The minimum Gasteiger partial charge on any atom is -0.507 e. The average molecular weight is 378 g/mol. The molecule has 0 unspecified atom stereocenters. The monoisotopic (exact) mass is 378 g/mol. The molecule has 5 rings (SSSR count). The predicted molar refractivity (Wildman–Crippen MR) is 98.8 cm³/mol. The Labute approximate surface area is 160 Å². The van der Waals surface area contributed by atoms with Crippen LogP contribution in [0.2, 0.25) is 0 Å². The Morgan fingerprint density at radius 2 is 1.71 bits per heavy atom. The number of aliphatic hydroxyl groups excluding tert-OH is 2. The van der Waals surface area contributed by atoms with Crippen LogP contribution < -0.4 is 0 Å². The fraction of sp³-hybridized carbons (Fsp3) is 0.273. The third-order valence-corrected chi connectivity index (χ3v) is 6.49. The SMILES string of the molecule is C[C@]12Cc3cc(O)c4c(c3[C@H]1C=C[C@@H](O)[C@H]2O)C(=O)c1cccc(O)c1C4=O. The maximum atomic E-state index is 13.3. The van der Waals surface area contributed by atoms with Crippen LogP contribution in [-0.4, -0.2) is 44.2 Å². The van der Waals surface area contributed by atoms with Gasteiger partial charge >= 0.3 is 0 Å². The second-order valence-electron chi connectivity index (χ2n) is 8.06. The highest BCUT2D eigenvalue weighted by atomic mass is 16.3. The summed E-state index contributed by atoms with van der Waals surface area (Å²) in [5.74, 6) is -2.04. The first-order chi connectivity index (χ1) is 13.3. The number of phenolic OH excluding ortho intramolecular Hbond substituents is 2. The van der Waals surface area contributed by atoms with Gasteiger partial charge in [-0.25, -0.2) is 0 Å². The maximum absolute atomic E-state index is 13.3. The van der Waals surface area contributed by atoms with Crippen LogP contribution in [0.1, 0.15) is 55.8 Å². The van der Waals surface area contributed by atoms with Gasteiger partial charge in [0.1, 0.15) is 11.5 Å². The first-order valence-corrected chi connectivity index (χ1v) is 9.10. The van der Waals surface area contributed by atoms with Gasteiger partial charge in [-0.2, -0.15) is 0 Å². The Bertz CT molecular complexity index is 1110. The lowest BCUT2D eigenvalue weighted by molar-refractivity contribution is -0.0474. The highest BCUT2D eigenvalue weighted by Gasteiger charge is 2.53. The van der Waals surface area contributed by atoms with E-state index in [4.69, 9.17) is 0 Å². The number of fused-ring (bicyclic) bond motifs is 6. The fourth-order valence-corrected chi connectivity index (χ4v) is 5.11. The molecule has 0 saturated carbocycles. The van der Waals surface area contributed by atoms with E-state index in [0.717, 1.165) is 0 Å². The molecular weight excluding hydrogens is 360 g/mol. The molecule has 0 heterocycles. The van der Waals surface area contributed by atoms with Crippen molar-refractivity contribution in [3.8, 4) is 11.5 Å². The van der Waals surface area contributed by atoms with Crippen molar-refractivity contribution in [3.63, 3.8) is 0 Å². The van der Waals surface area contributed by atoms with E-state index in [1.165, 1.54) is 30.3 Å². The molecule has 28 heavy (non-hydrogen) atoms. The van der Waals surface area contributed by atoms with Gasteiger partial charge in [-0.05, 0) is 29.7 Å². The highest BCUT2D eigenvalue weighted by Crippen LogP contribution is 2.56. The van der Waals surface area contributed by atoms with Gasteiger partial charge in [0.2, 0.25) is 5.78 Å². The lowest BCUT2D eigenvalue weighted by Crippen LogP contribution is -2.45. The largest absolute Gasteiger partial charge is 0.507 e. The van der Waals surface area contributed by atoms with Crippen molar-refractivity contribution < 1.29 is 30.0 Å². The zero-order valence-corrected chi connectivity index (χ0v) is 15.0. The van der Waals surface area contributed by atoms with Crippen molar-refractivity contribution in [2.75, 3.05) is 0 Å². The summed E-state index contributed by atoms with van der Waals surface area (Å²) in [7, 11) is 0. The zero-order chi connectivity index (χ0) is 20.0. The summed E-state index contributed by atoms with van der Waals surface area (Å²) in [6, 6.07) is 5.77. The van der Waals surface area contributed by atoms with Gasteiger partial charge in [0.05, 0.1) is 23.3 Å². The van der Waals surface area contributed by atoms with Crippen LogP contribution in [0.4, 0.5) is 0 Å². The fourth-order valence-electron chi connectivity index (χ4n) is 5.11. The van der Waals surface area contributed by atoms with Crippen molar-refractivity contribution >= 4 is 11.6 Å². The van der Waals surface area contributed by atoms with Gasteiger partial charge in [0.25, 0.3) is 0 Å². The van der Waals surface area contributed by atoms with E-state index >= 15 is 0 Å². The highest BCUT2D eigenvalue weighted by molar-refractivity contribution is 6.31. The van der Waals surface area contributed by atoms with E-state index < -0.39 is 29.2 Å². The summed E-state index contributed by atoms with van der Waals surface area (Å²) >= 11 is 0. The molecule has 0 bridgehead atoms. The molecule has 0 fully saturated rings. The van der Waals surface area contributed by atoms with E-state index in [9.17, 15) is 30.0 Å². The third kappa shape index (κ3) is 1.89. The number of hydrogen-bond donors (Lipinski definition) is 4. The molecule has 142 valence electrons. The van der Waals surface area contributed by atoms with Crippen LogP contribution in [0.3, 0.4) is 0 Å². The predicted octanol–water partition coefficient (Wildman–Crippen LogP) is 1.81. The molecule has 4 N–H and O–H groups in total. The number of hydrogen-bond acceptors (Lipinski definition) is 6. The minimum atomic E-state index is -1.04. The quantitative estimate of drug-likeness (QED) is 0.444. The number of allylic oxidation sites excluding steroid dienone is 1. The van der Waals surface area contributed by atoms with Crippen LogP contribution in [0, 0.1) is 5.41 Å². The number of carbonyl (C=O) groups excluding carboxylic acids is 2. The number of rotatable bonds is 0. The van der Waals surface area contributed by atoms with E-state index in [1.54, 1.807) is 6.08 Å². The lowest BCUT2D eigenvalue weighted by Gasteiger charge is -2.40. The van der Waals surface area contributed by atoms with Crippen molar-refractivity contribution in [1.82, 2.24) is 0 Å². The molecule has 4 atom stereocenters. The molecule has 0 aliphatic heterocycles. The Hall–Kier alpha value is -2.96. The molecule has 0 aromatic heterocycles. The van der Waals surface area contributed by atoms with E-state index in [2.05, 4.69) is 0 Å². The molecule has 0 radical (unpaired) electrons. The topological polar surface area (TPSA) is 115 Å². The van der Waals surface area contributed by atoms with E-state index in [0.29, 0.717) is 17.5 Å². The molecule has 0 amide bonds. The van der Waals surface area contributed by atoms with Gasteiger partial charge in [0, 0.05) is 22.5 Å². The lowest BCUT2D eigenvalue weighted by atomic mass is 9.67. The number of aromatic hydroxyl groups is 2. The zero-order valence-electron chi connectivity index (χ0n) is 15.0. The Morgan fingerprint density at radius 1 is 0.964 bits per heavy atom. The summed E-state index contributed by atoms with van der Waals surface area (Å²) in [6.45, 7) is 1.83. The average Bonchev–Trinajstić information content (AvgIpc) is 2.94. The molecular formula is C22H18O6. The summed E-state index contributed by atoms with van der Waals surface area (Å²) in [4.78, 5) is 26.4. The molecule has 3 aliphatic rings. The Kier molecular flexibility index (Phi) is 3.25. The van der Waals surface area contributed by atoms with Gasteiger partial charge < -0.3 is 20.4 Å². The van der Waals surface area contributed by atoms with Crippen molar-refractivity contribution in [3.05, 3.63) is 69.8 Å². The molecule has 2 aromatic rings. The molecule has 0 spiro atoms. The summed E-state index contributed by atoms with van der Waals surface area (Å²) in [6.07, 6.45) is 1.55. The molecule has 3 aliphatic carbocycles. The number of carbonyl (C=O) groups is 2. The summed E-state index contributed by atoms with van der Waals surface area (Å²) < 4.78 is 0. The third-order valence-electron chi connectivity index (χ3n) is 6.49. The summed E-state index contributed by atoms with van der Waals surface area (Å²) in [5.41, 5.74) is 0.512. The van der Waals surface area contributed by atoms with Crippen molar-refractivity contribution in [1.29, 1.82) is 0 Å². The number of phenols is 2. The first kappa shape index (κ1) is 17.2. The van der Waals surface area contributed by atoms with Gasteiger partial charge in [-0.15, -0.1) is 0 Å². The van der Waals surface area contributed by atoms with Crippen LogP contribution >= 0.6 is 0 Å². The minimum absolute atomic E-state index is 0.0966. The standard InChI is InChI=1S/C22H18O6/c1-22-8-9-7-14(25)17-18(15(9)11(22)5-6-13(24)21(22)28)19(26)10-3-2-4-12(23)16(10)20(17)27/h2-7,11,13,21,23-25,28H,8H2,1H3/t11-,13-,21-,22+/m1/s1. The van der Waals surface area contributed by atoms with Gasteiger partial charge in [-0.1, -0.05) is 31.2 Å². The van der Waals surface area contributed by atoms with Gasteiger partial charge in [0.15, 0.2) is 5.78 Å². The van der Waals surface area contributed by atoms with E-state index in [1.807, 2.05) is 6.92 Å². The molecule has 2 aromatic carbocycles. The number of benzene rings is 2. The van der Waals surface area contributed by atoms with Crippen LogP contribution in [0.15, 0.2) is 36.4 Å². The van der Waals surface area contributed by atoms with Crippen LogP contribution in [0.25, 0.3) is 0 Å². The Balaban J connectivity index is 1.82. The van der Waals surface area contributed by atoms with Crippen LogP contribution in [-0.2, 0) is 6.42 Å².